The zero-order chi connectivity index (χ0) is 14.0. The first-order chi connectivity index (χ1) is 8.17. The van der Waals surface area contributed by atoms with E-state index < -0.39 is 24.9 Å². The third-order valence-corrected chi connectivity index (χ3v) is 2.52. The van der Waals surface area contributed by atoms with Crippen LogP contribution in [0.2, 0.25) is 0 Å². The van der Waals surface area contributed by atoms with Crippen molar-refractivity contribution in [1.29, 1.82) is 0 Å². The number of hydrogen-bond donors (Lipinski definition) is 0. The van der Waals surface area contributed by atoms with Gasteiger partial charge in [-0.1, -0.05) is 15.9 Å². The van der Waals surface area contributed by atoms with Crippen LogP contribution in [-0.2, 0) is 0 Å². The van der Waals surface area contributed by atoms with Crippen molar-refractivity contribution in [3.8, 4) is 5.75 Å². The predicted molar refractivity (Wildman–Crippen MR) is 55.5 cm³/mol. The Morgan fingerprint density at radius 1 is 1.06 bits per heavy atom. The third kappa shape index (κ3) is 3.30. The lowest BCUT2D eigenvalue weighted by Crippen LogP contribution is -2.50. The van der Waals surface area contributed by atoms with Gasteiger partial charge in [-0.15, -0.1) is 0 Å². The van der Waals surface area contributed by atoms with Crippen LogP contribution in [0, 0.1) is 0 Å². The summed E-state index contributed by atoms with van der Waals surface area (Å²) in [5, 5.41) is 0. The Balaban J connectivity index is 2.70. The molecule has 0 atom stereocenters. The molecule has 1 rings (SSSR count). The highest BCUT2D eigenvalue weighted by molar-refractivity contribution is 9.10. The molecule has 1 aromatic carbocycles. The van der Waals surface area contributed by atoms with Gasteiger partial charge in [-0.3, -0.25) is 0 Å². The van der Waals surface area contributed by atoms with Gasteiger partial charge in [-0.05, 0) is 24.3 Å². The Labute approximate surface area is 107 Å². The fourth-order valence-electron chi connectivity index (χ4n) is 0.961. The van der Waals surface area contributed by atoms with Crippen LogP contribution in [-0.4, -0.2) is 24.9 Å². The molecule has 0 aliphatic carbocycles. The predicted octanol–water partition coefficient (Wildman–Crippen LogP) is 4.36. The van der Waals surface area contributed by atoms with E-state index in [0.29, 0.717) is 4.47 Å². The summed E-state index contributed by atoms with van der Waals surface area (Å²) >= 11 is 3.06. The second kappa shape index (κ2) is 5.38. The first-order valence-corrected chi connectivity index (χ1v) is 5.38. The number of benzene rings is 1. The zero-order valence-electron chi connectivity index (χ0n) is 8.65. The zero-order valence-corrected chi connectivity index (χ0v) is 10.2. The van der Waals surface area contributed by atoms with Gasteiger partial charge in [0.05, 0.1) is 0 Å². The molecule has 0 spiro atoms. The van der Waals surface area contributed by atoms with E-state index in [4.69, 9.17) is 0 Å². The maximum atomic E-state index is 12.9. The van der Waals surface area contributed by atoms with Crippen LogP contribution in [0.3, 0.4) is 0 Å². The Morgan fingerprint density at radius 3 is 2.00 bits per heavy atom. The van der Waals surface area contributed by atoms with Gasteiger partial charge in [0, 0.05) is 4.47 Å². The van der Waals surface area contributed by atoms with E-state index in [1.807, 2.05) is 0 Å². The molecule has 0 saturated heterocycles. The average molecular weight is 337 g/mol. The number of halogens is 7. The highest BCUT2D eigenvalue weighted by atomic mass is 79.9. The quantitative estimate of drug-likeness (QED) is 0.726. The van der Waals surface area contributed by atoms with Crippen molar-refractivity contribution in [2.45, 2.75) is 18.3 Å². The standard InChI is InChI=1S/C10H7BrF6O/c11-6-1-3-7(4-2-6)18-5-9(14,15)10(16,17)8(12)13/h1-4,8H,5H2. The SMILES string of the molecule is FC(F)C(F)(F)C(F)(F)COc1ccc(Br)cc1. The maximum absolute atomic E-state index is 12.9. The van der Waals surface area contributed by atoms with E-state index in [-0.39, 0.29) is 5.75 Å². The molecule has 0 aromatic heterocycles. The number of rotatable bonds is 5. The van der Waals surface area contributed by atoms with Gasteiger partial charge in [0.15, 0.2) is 6.61 Å². The Morgan fingerprint density at radius 2 is 1.56 bits per heavy atom. The summed E-state index contributed by atoms with van der Waals surface area (Å²) in [5.74, 6) is -10.5. The van der Waals surface area contributed by atoms with Crippen molar-refractivity contribution in [2.24, 2.45) is 0 Å². The van der Waals surface area contributed by atoms with Gasteiger partial charge in [-0.25, -0.2) is 8.78 Å². The third-order valence-electron chi connectivity index (χ3n) is 2.00. The minimum Gasteiger partial charge on any atom is -0.487 e. The van der Waals surface area contributed by atoms with Gasteiger partial charge in [-0.2, -0.15) is 17.6 Å². The van der Waals surface area contributed by atoms with Crippen LogP contribution < -0.4 is 4.74 Å². The fraction of sp³-hybridized carbons (Fsp3) is 0.400. The Bertz CT molecular complexity index is 392. The van der Waals surface area contributed by atoms with Crippen LogP contribution in [0.25, 0.3) is 0 Å². The molecule has 0 bridgehead atoms. The van der Waals surface area contributed by atoms with Crippen LogP contribution in [0.5, 0.6) is 5.75 Å². The minimum atomic E-state index is -5.43. The summed E-state index contributed by atoms with van der Waals surface area (Å²) in [6.07, 6.45) is -4.46. The molecule has 102 valence electrons. The minimum absolute atomic E-state index is 0.122. The Hall–Kier alpha value is -0.920. The molecular weight excluding hydrogens is 330 g/mol. The summed E-state index contributed by atoms with van der Waals surface area (Å²) in [6, 6.07) is 5.33. The Kier molecular flexibility index (Phi) is 4.52. The van der Waals surface area contributed by atoms with Crippen molar-refractivity contribution >= 4 is 15.9 Å². The summed E-state index contributed by atoms with van der Waals surface area (Å²) < 4.78 is 79.3. The molecule has 0 aliphatic rings. The number of ether oxygens (including phenoxy) is 1. The van der Waals surface area contributed by atoms with Crippen molar-refractivity contribution in [2.75, 3.05) is 6.61 Å². The lowest BCUT2D eigenvalue weighted by molar-refractivity contribution is -0.271. The fourth-order valence-corrected chi connectivity index (χ4v) is 1.22. The molecule has 8 heteroatoms. The number of hydrogen-bond acceptors (Lipinski definition) is 1. The molecule has 1 aromatic rings. The van der Waals surface area contributed by atoms with Gasteiger partial charge in [0.2, 0.25) is 0 Å². The highest BCUT2D eigenvalue weighted by Crippen LogP contribution is 2.39. The average Bonchev–Trinajstić information content (AvgIpc) is 2.28. The molecule has 0 fully saturated rings. The lowest BCUT2D eigenvalue weighted by atomic mass is 10.2. The van der Waals surface area contributed by atoms with Crippen LogP contribution >= 0.6 is 15.9 Å². The lowest BCUT2D eigenvalue weighted by Gasteiger charge is -2.25. The maximum Gasteiger partial charge on any atom is 0.372 e. The normalized spacial score (nSPS) is 12.9. The topological polar surface area (TPSA) is 9.23 Å². The second-order valence-corrected chi connectivity index (χ2v) is 4.29. The first-order valence-electron chi connectivity index (χ1n) is 4.59. The molecule has 0 amide bonds. The largest absolute Gasteiger partial charge is 0.487 e. The molecule has 0 aliphatic heterocycles. The highest BCUT2D eigenvalue weighted by Gasteiger charge is 2.63. The van der Waals surface area contributed by atoms with Crippen LogP contribution in [0.4, 0.5) is 26.3 Å². The van der Waals surface area contributed by atoms with E-state index >= 15 is 0 Å². The van der Waals surface area contributed by atoms with Crippen molar-refractivity contribution in [1.82, 2.24) is 0 Å². The molecule has 0 N–H and O–H groups in total. The van der Waals surface area contributed by atoms with Crippen LogP contribution in [0.15, 0.2) is 28.7 Å². The smallest absolute Gasteiger partial charge is 0.372 e. The van der Waals surface area contributed by atoms with Gasteiger partial charge >= 0.3 is 18.3 Å². The van der Waals surface area contributed by atoms with Gasteiger partial charge in [0.25, 0.3) is 0 Å². The van der Waals surface area contributed by atoms with E-state index in [1.165, 1.54) is 24.3 Å². The number of alkyl halides is 6. The van der Waals surface area contributed by atoms with E-state index in [2.05, 4.69) is 20.7 Å². The van der Waals surface area contributed by atoms with Crippen molar-refractivity contribution < 1.29 is 31.1 Å². The first kappa shape index (κ1) is 15.1. The molecule has 0 radical (unpaired) electrons. The van der Waals surface area contributed by atoms with E-state index in [1.54, 1.807) is 0 Å². The van der Waals surface area contributed by atoms with Crippen LogP contribution in [0.1, 0.15) is 0 Å². The summed E-state index contributed by atoms with van der Waals surface area (Å²) in [6.45, 7) is -1.83. The summed E-state index contributed by atoms with van der Waals surface area (Å²) in [7, 11) is 0. The second-order valence-electron chi connectivity index (χ2n) is 3.37. The monoisotopic (exact) mass is 336 g/mol. The molecule has 1 nitrogen and oxygen atoms in total. The van der Waals surface area contributed by atoms with E-state index in [0.717, 1.165) is 0 Å². The molecule has 0 unspecified atom stereocenters. The molecular formula is C10H7BrF6O. The van der Waals surface area contributed by atoms with Gasteiger partial charge in [0.1, 0.15) is 5.75 Å². The van der Waals surface area contributed by atoms with E-state index in [9.17, 15) is 26.3 Å². The molecule has 0 heterocycles. The summed E-state index contributed by atoms with van der Waals surface area (Å²) in [4.78, 5) is 0. The summed E-state index contributed by atoms with van der Waals surface area (Å²) in [5.41, 5.74) is 0. The molecule has 18 heavy (non-hydrogen) atoms. The van der Waals surface area contributed by atoms with Crippen molar-refractivity contribution in [3.05, 3.63) is 28.7 Å². The molecule has 0 saturated carbocycles. The van der Waals surface area contributed by atoms with Crippen molar-refractivity contribution in [3.63, 3.8) is 0 Å². The van der Waals surface area contributed by atoms with Gasteiger partial charge < -0.3 is 4.74 Å².